The van der Waals surface area contributed by atoms with Crippen molar-refractivity contribution < 1.29 is 4.39 Å². The molecule has 2 saturated carbocycles. The summed E-state index contributed by atoms with van der Waals surface area (Å²) in [5.74, 6) is -0.129. The third-order valence-electron chi connectivity index (χ3n) is 5.69. The Balaban J connectivity index is 1.79. The van der Waals surface area contributed by atoms with Gasteiger partial charge < -0.3 is 5.32 Å². The summed E-state index contributed by atoms with van der Waals surface area (Å²) < 4.78 is 13.2. The zero-order valence-corrected chi connectivity index (χ0v) is 12.7. The van der Waals surface area contributed by atoms with Crippen molar-refractivity contribution in [3.8, 4) is 0 Å². The molecule has 2 aliphatic carbocycles. The molecule has 1 aromatic rings. The quantitative estimate of drug-likeness (QED) is 0.810. The van der Waals surface area contributed by atoms with Crippen LogP contribution in [0.2, 0.25) is 0 Å². The van der Waals surface area contributed by atoms with Crippen LogP contribution in [-0.4, -0.2) is 12.6 Å². The zero-order chi connectivity index (χ0) is 14.2. The van der Waals surface area contributed by atoms with Gasteiger partial charge in [-0.1, -0.05) is 38.8 Å². The predicted octanol–water partition coefficient (Wildman–Crippen LogP) is 4.42. The first kappa shape index (κ1) is 14.1. The summed E-state index contributed by atoms with van der Waals surface area (Å²) >= 11 is 0. The Morgan fingerprint density at radius 3 is 2.20 bits per heavy atom. The highest BCUT2D eigenvalue weighted by Gasteiger charge is 2.53. The molecule has 0 atom stereocenters. The van der Waals surface area contributed by atoms with Crippen LogP contribution in [0.25, 0.3) is 0 Å². The van der Waals surface area contributed by atoms with Crippen molar-refractivity contribution >= 4 is 0 Å². The molecule has 2 fully saturated rings. The normalized spacial score (nSPS) is 23.4. The summed E-state index contributed by atoms with van der Waals surface area (Å²) in [6, 6.07) is 7.97. The topological polar surface area (TPSA) is 12.0 Å². The van der Waals surface area contributed by atoms with E-state index in [0.29, 0.717) is 5.41 Å². The number of hydrogen-bond donors (Lipinski definition) is 1. The van der Waals surface area contributed by atoms with Crippen LogP contribution in [0, 0.1) is 11.2 Å². The van der Waals surface area contributed by atoms with Crippen LogP contribution >= 0.6 is 0 Å². The van der Waals surface area contributed by atoms with Crippen LogP contribution in [0.1, 0.15) is 57.9 Å². The fraction of sp³-hybridized carbons (Fsp3) is 0.667. The highest BCUT2D eigenvalue weighted by atomic mass is 19.1. The highest BCUT2D eigenvalue weighted by molar-refractivity contribution is 5.32. The van der Waals surface area contributed by atoms with Gasteiger partial charge in [-0.2, -0.15) is 0 Å². The van der Waals surface area contributed by atoms with E-state index in [9.17, 15) is 4.39 Å². The summed E-state index contributed by atoms with van der Waals surface area (Å²) in [6.45, 7) is 5.68. The van der Waals surface area contributed by atoms with E-state index in [4.69, 9.17) is 0 Å². The van der Waals surface area contributed by atoms with Gasteiger partial charge in [0, 0.05) is 18.0 Å². The summed E-state index contributed by atoms with van der Waals surface area (Å²) in [4.78, 5) is 0. The van der Waals surface area contributed by atoms with Gasteiger partial charge in [0.2, 0.25) is 0 Å². The Labute approximate surface area is 122 Å². The minimum Gasteiger partial charge on any atom is -0.313 e. The first-order valence-corrected chi connectivity index (χ1v) is 8.11. The van der Waals surface area contributed by atoms with Crippen LogP contribution in [0.4, 0.5) is 4.39 Å². The van der Waals surface area contributed by atoms with Crippen molar-refractivity contribution in [2.75, 3.05) is 6.54 Å². The molecule has 0 radical (unpaired) electrons. The highest BCUT2D eigenvalue weighted by Crippen LogP contribution is 2.59. The van der Waals surface area contributed by atoms with Crippen molar-refractivity contribution in [3.05, 3.63) is 35.6 Å². The summed E-state index contributed by atoms with van der Waals surface area (Å²) in [5, 5.41) is 3.70. The Morgan fingerprint density at radius 1 is 1.10 bits per heavy atom. The van der Waals surface area contributed by atoms with Gasteiger partial charge in [0.25, 0.3) is 0 Å². The fourth-order valence-electron chi connectivity index (χ4n) is 4.00. The molecule has 3 rings (SSSR count). The van der Waals surface area contributed by atoms with Gasteiger partial charge in [0.05, 0.1) is 0 Å². The molecule has 0 saturated heterocycles. The number of rotatable bonds is 6. The molecule has 1 N–H and O–H groups in total. The average Bonchev–Trinajstić information content (AvgIpc) is 3.24. The molecular weight excluding hydrogens is 249 g/mol. The van der Waals surface area contributed by atoms with E-state index in [2.05, 4.69) is 19.2 Å². The first-order chi connectivity index (χ1) is 9.61. The molecule has 0 unspecified atom stereocenters. The maximum absolute atomic E-state index is 13.2. The van der Waals surface area contributed by atoms with Crippen LogP contribution in [0.3, 0.4) is 0 Å². The summed E-state index contributed by atoms with van der Waals surface area (Å²) in [6.07, 6.45) is 7.67. The van der Waals surface area contributed by atoms with E-state index in [0.717, 1.165) is 12.6 Å². The van der Waals surface area contributed by atoms with E-state index < -0.39 is 0 Å². The number of hydrogen-bond acceptors (Lipinski definition) is 1. The molecule has 0 aliphatic heterocycles. The van der Waals surface area contributed by atoms with E-state index in [1.807, 2.05) is 12.1 Å². The van der Waals surface area contributed by atoms with E-state index in [1.54, 1.807) is 12.1 Å². The molecule has 20 heavy (non-hydrogen) atoms. The van der Waals surface area contributed by atoms with Gasteiger partial charge in [-0.15, -0.1) is 0 Å². The van der Waals surface area contributed by atoms with E-state index >= 15 is 0 Å². The minimum atomic E-state index is -0.129. The van der Waals surface area contributed by atoms with Gasteiger partial charge >= 0.3 is 0 Å². The molecule has 1 nitrogen and oxygen atoms in total. The summed E-state index contributed by atoms with van der Waals surface area (Å²) in [7, 11) is 0. The largest absolute Gasteiger partial charge is 0.313 e. The molecule has 0 bridgehead atoms. The number of benzene rings is 1. The molecule has 2 heteroatoms. The molecule has 110 valence electrons. The molecular formula is C18H26FN. The van der Waals surface area contributed by atoms with Gasteiger partial charge in [-0.05, 0) is 48.8 Å². The molecule has 0 spiro atoms. The Hall–Kier alpha value is -0.890. The van der Waals surface area contributed by atoms with Crippen molar-refractivity contribution in [1.82, 2.24) is 5.32 Å². The Kier molecular flexibility index (Phi) is 3.62. The average molecular weight is 275 g/mol. The van der Waals surface area contributed by atoms with Crippen molar-refractivity contribution in [2.24, 2.45) is 5.41 Å². The predicted molar refractivity (Wildman–Crippen MR) is 81.4 cm³/mol. The SMILES string of the molecule is CCC1(CC)CC(CNC2CC2)(c2ccc(F)cc2)C1. The minimum absolute atomic E-state index is 0.129. The maximum atomic E-state index is 13.2. The lowest BCUT2D eigenvalue weighted by Gasteiger charge is -2.57. The Morgan fingerprint density at radius 2 is 1.70 bits per heavy atom. The lowest BCUT2D eigenvalue weighted by atomic mass is 9.48. The molecule has 2 aliphatic rings. The van der Waals surface area contributed by atoms with Crippen LogP contribution in [-0.2, 0) is 5.41 Å². The van der Waals surface area contributed by atoms with Crippen LogP contribution in [0.15, 0.2) is 24.3 Å². The van der Waals surface area contributed by atoms with Gasteiger partial charge in [-0.25, -0.2) is 4.39 Å². The van der Waals surface area contributed by atoms with Crippen LogP contribution in [0.5, 0.6) is 0 Å². The smallest absolute Gasteiger partial charge is 0.123 e. The second-order valence-corrected chi connectivity index (χ2v) is 7.00. The Bertz CT molecular complexity index is 449. The molecule has 0 aromatic heterocycles. The summed E-state index contributed by atoms with van der Waals surface area (Å²) in [5.41, 5.74) is 2.08. The maximum Gasteiger partial charge on any atom is 0.123 e. The molecule has 1 aromatic carbocycles. The van der Waals surface area contributed by atoms with Crippen LogP contribution < -0.4 is 5.32 Å². The van der Waals surface area contributed by atoms with Gasteiger partial charge in [0.15, 0.2) is 0 Å². The lowest BCUT2D eigenvalue weighted by molar-refractivity contribution is 0.0126. The van der Waals surface area contributed by atoms with Gasteiger partial charge in [-0.3, -0.25) is 0 Å². The zero-order valence-electron chi connectivity index (χ0n) is 12.7. The van der Waals surface area contributed by atoms with E-state index in [1.165, 1.54) is 44.1 Å². The second kappa shape index (κ2) is 5.14. The lowest BCUT2D eigenvalue weighted by Crippen LogP contribution is -2.54. The second-order valence-electron chi connectivity index (χ2n) is 7.00. The standard InChI is InChI=1S/C18H26FN/c1-3-17(4-2)11-18(12-17,13-20-16-9-10-16)14-5-7-15(19)8-6-14/h5-8,16,20H,3-4,9-13H2,1-2H3. The third kappa shape index (κ3) is 2.50. The van der Waals surface area contributed by atoms with E-state index in [-0.39, 0.29) is 11.2 Å². The van der Waals surface area contributed by atoms with Crippen molar-refractivity contribution in [2.45, 2.75) is 63.8 Å². The third-order valence-corrected chi connectivity index (χ3v) is 5.69. The molecule has 0 amide bonds. The molecule has 0 heterocycles. The van der Waals surface area contributed by atoms with Gasteiger partial charge in [0.1, 0.15) is 5.82 Å². The monoisotopic (exact) mass is 275 g/mol. The van der Waals surface area contributed by atoms with Crippen molar-refractivity contribution in [3.63, 3.8) is 0 Å². The first-order valence-electron chi connectivity index (χ1n) is 8.11. The van der Waals surface area contributed by atoms with Crippen molar-refractivity contribution in [1.29, 1.82) is 0 Å². The number of halogens is 1. The number of nitrogens with one attached hydrogen (secondary N) is 1. The fourth-order valence-corrected chi connectivity index (χ4v) is 4.00.